The summed E-state index contributed by atoms with van der Waals surface area (Å²) in [5, 5.41) is 5.83. The molecule has 1 fully saturated rings. The molecule has 7 nitrogen and oxygen atoms in total. The van der Waals surface area contributed by atoms with E-state index < -0.39 is 10.0 Å². The van der Waals surface area contributed by atoms with Crippen molar-refractivity contribution in [1.29, 1.82) is 0 Å². The molecule has 0 aliphatic carbocycles. The molecule has 0 atom stereocenters. The number of benzene rings is 2. The molecule has 1 aliphatic heterocycles. The van der Waals surface area contributed by atoms with Crippen LogP contribution in [0.3, 0.4) is 0 Å². The third-order valence-corrected chi connectivity index (χ3v) is 7.32. The van der Waals surface area contributed by atoms with Crippen LogP contribution in [0.15, 0.2) is 45.8 Å². The molecule has 0 bridgehead atoms. The summed E-state index contributed by atoms with van der Waals surface area (Å²) in [5.41, 5.74) is 3.00. The SMILES string of the molecule is Cc1ccc(NCC(=O)Nc2ccc(C)c(S(=O)(=O)N3CCOCC3)c2)c(Br)c1. The van der Waals surface area contributed by atoms with Crippen molar-refractivity contribution < 1.29 is 17.9 Å². The van der Waals surface area contributed by atoms with Crippen molar-refractivity contribution in [3.05, 3.63) is 52.0 Å². The highest BCUT2D eigenvalue weighted by molar-refractivity contribution is 9.10. The average Bonchev–Trinajstić information content (AvgIpc) is 2.69. The highest BCUT2D eigenvalue weighted by atomic mass is 79.9. The molecule has 0 aromatic heterocycles. The second-order valence-electron chi connectivity index (χ2n) is 6.88. The van der Waals surface area contributed by atoms with Gasteiger partial charge >= 0.3 is 0 Å². The van der Waals surface area contributed by atoms with Crippen molar-refractivity contribution in [2.75, 3.05) is 43.5 Å². The standard InChI is InChI=1S/C20H24BrN3O4S/c1-14-3-6-18(17(21)11-14)22-13-20(25)23-16-5-4-15(2)19(12-16)29(26,27)24-7-9-28-10-8-24/h3-6,11-12,22H,7-10,13H2,1-2H3,(H,23,25). The van der Waals surface area contributed by atoms with Crippen LogP contribution in [0.4, 0.5) is 11.4 Å². The predicted octanol–water partition coefficient (Wildman–Crippen LogP) is 3.14. The Morgan fingerprint density at radius 2 is 1.86 bits per heavy atom. The van der Waals surface area contributed by atoms with Crippen LogP contribution in [0.25, 0.3) is 0 Å². The molecule has 1 amide bonds. The van der Waals surface area contributed by atoms with Gasteiger partial charge in [0, 0.05) is 28.9 Å². The fourth-order valence-corrected chi connectivity index (χ4v) is 5.32. The van der Waals surface area contributed by atoms with E-state index in [0.29, 0.717) is 37.6 Å². The zero-order valence-electron chi connectivity index (χ0n) is 16.4. The lowest BCUT2D eigenvalue weighted by Gasteiger charge is -2.26. The minimum atomic E-state index is -3.64. The Bertz CT molecular complexity index is 1000. The van der Waals surface area contributed by atoms with E-state index in [-0.39, 0.29) is 17.3 Å². The Morgan fingerprint density at radius 3 is 2.55 bits per heavy atom. The zero-order chi connectivity index (χ0) is 21.0. The summed E-state index contributed by atoms with van der Waals surface area (Å²) in [7, 11) is -3.64. The van der Waals surface area contributed by atoms with Crippen molar-refractivity contribution in [3.63, 3.8) is 0 Å². The van der Waals surface area contributed by atoms with Gasteiger partial charge in [0.1, 0.15) is 0 Å². The monoisotopic (exact) mass is 481 g/mol. The summed E-state index contributed by atoms with van der Waals surface area (Å²) >= 11 is 3.47. The molecule has 1 heterocycles. The third kappa shape index (κ3) is 5.36. The second kappa shape index (κ2) is 9.25. The van der Waals surface area contributed by atoms with E-state index in [9.17, 15) is 13.2 Å². The first-order chi connectivity index (χ1) is 13.8. The number of nitrogens with one attached hydrogen (secondary N) is 2. The minimum absolute atomic E-state index is 0.0566. The second-order valence-corrected chi connectivity index (χ2v) is 9.64. The molecule has 2 aromatic carbocycles. The first-order valence-electron chi connectivity index (χ1n) is 9.26. The van der Waals surface area contributed by atoms with Crippen LogP contribution in [0.5, 0.6) is 0 Å². The van der Waals surface area contributed by atoms with Gasteiger partial charge in [-0.3, -0.25) is 4.79 Å². The van der Waals surface area contributed by atoms with Crippen molar-refractivity contribution in [3.8, 4) is 0 Å². The number of hydrogen-bond donors (Lipinski definition) is 2. The molecular weight excluding hydrogens is 458 g/mol. The van der Waals surface area contributed by atoms with Gasteiger partial charge in [0.25, 0.3) is 0 Å². The van der Waals surface area contributed by atoms with E-state index in [1.54, 1.807) is 19.1 Å². The number of anilines is 2. The number of sulfonamides is 1. The summed E-state index contributed by atoms with van der Waals surface area (Å²) in [6, 6.07) is 10.7. The topological polar surface area (TPSA) is 87.7 Å². The minimum Gasteiger partial charge on any atom is -0.379 e. The van der Waals surface area contributed by atoms with Crippen LogP contribution >= 0.6 is 15.9 Å². The van der Waals surface area contributed by atoms with Crippen molar-refractivity contribution in [2.45, 2.75) is 18.7 Å². The predicted molar refractivity (Wildman–Crippen MR) is 117 cm³/mol. The van der Waals surface area contributed by atoms with Crippen LogP contribution in [0, 0.1) is 13.8 Å². The lowest BCUT2D eigenvalue weighted by atomic mass is 10.2. The number of halogens is 1. The molecule has 2 aromatic rings. The van der Waals surface area contributed by atoms with Crippen LogP contribution in [0.1, 0.15) is 11.1 Å². The smallest absolute Gasteiger partial charge is 0.243 e. The van der Waals surface area contributed by atoms with Crippen LogP contribution in [-0.4, -0.2) is 51.5 Å². The summed E-state index contributed by atoms with van der Waals surface area (Å²) < 4.78 is 33.5. The summed E-state index contributed by atoms with van der Waals surface area (Å²) in [4.78, 5) is 12.5. The summed E-state index contributed by atoms with van der Waals surface area (Å²) in [6.07, 6.45) is 0. The normalized spacial score (nSPS) is 15.1. The molecule has 0 unspecified atom stereocenters. The number of ether oxygens (including phenoxy) is 1. The lowest BCUT2D eigenvalue weighted by molar-refractivity contribution is -0.114. The quantitative estimate of drug-likeness (QED) is 0.661. The maximum absolute atomic E-state index is 13.0. The fourth-order valence-electron chi connectivity index (χ4n) is 3.03. The zero-order valence-corrected chi connectivity index (χ0v) is 18.8. The van der Waals surface area contributed by atoms with Crippen molar-refractivity contribution in [1.82, 2.24) is 4.31 Å². The number of carbonyl (C=O) groups excluding carboxylic acids is 1. The van der Waals surface area contributed by atoms with Crippen LogP contribution in [-0.2, 0) is 19.6 Å². The molecule has 3 rings (SSSR count). The number of hydrogen-bond acceptors (Lipinski definition) is 5. The largest absolute Gasteiger partial charge is 0.379 e. The van der Waals surface area contributed by atoms with E-state index in [1.807, 2.05) is 25.1 Å². The average molecular weight is 482 g/mol. The Kier molecular flexibility index (Phi) is 6.94. The Labute approximate surface area is 179 Å². The van der Waals surface area contributed by atoms with Crippen LogP contribution in [0.2, 0.25) is 0 Å². The van der Waals surface area contributed by atoms with E-state index in [0.717, 1.165) is 15.7 Å². The molecular formula is C20H24BrN3O4S. The molecule has 156 valence electrons. The Balaban J connectivity index is 1.69. The maximum atomic E-state index is 13.0. The van der Waals surface area contributed by atoms with Gasteiger partial charge in [-0.2, -0.15) is 4.31 Å². The molecule has 2 N–H and O–H groups in total. The third-order valence-electron chi connectivity index (χ3n) is 4.62. The molecule has 9 heteroatoms. The molecule has 0 spiro atoms. The first-order valence-corrected chi connectivity index (χ1v) is 11.5. The Morgan fingerprint density at radius 1 is 1.14 bits per heavy atom. The van der Waals surface area contributed by atoms with Crippen molar-refractivity contribution >= 4 is 43.2 Å². The highest BCUT2D eigenvalue weighted by Crippen LogP contribution is 2.25. The number of rotatable bonds is 6. The maximum Gasteiger partial charge on any atom is 0.243 e. The molecule has 0 radical (unpaired) electrons. The van der Waals surface area contributed by atoms with Crippen LogP contribution < -0.4 is 10.6 Å². The van der Waals surface area contributed by atoms with Gasteiger partial charge in [-0.15, -0.1) is 0 Å². The number of carbonyl (C=O) groups is 1. The van der Waals surface area contributed by atoms with E-state index in [4.69, 9.17) is 4.74 Å². The molecule has 0 saturated carbocycles. The van der Waals surface area contributed by atoms with Gasteiger partial charge in [0.15, 0.2) is 0 Å². The van der Waals surface area contributed by atoms with Gasteiger partial charge in [0.05, 0.1) is 24.7 Å². The number of morpholine rings is 1. The highest BCUT2D eigenvalue weighted by Gasteiger charge is 2.28. The summed E-state index contributed by atoms with van der Waals surface area (Å²) in [5.74, 6) is -0.268. The molecule has 1 saturated heterocycles. The van der Waals surface area contributed by atoms with Gasteiger partial charge in [-0.1, -0.05) is 12.1 Å². The van der Waals surface area contributed by atoms with Gasteiger partial charge < -0.3 is 15.4 Å². The van der Waals surface area contributed by atoms with Gasteiger partial charge in [-0.05, 0) is 65.2 Å². The van der Waals surface area contributed by atoms with E-state index in [1.165, 1.54) is 10.4 Å². The molecule has 29 heavy (non-hydrogen) atoms. The van der Waals surface area contributed by atoms with Crippen molar-refractivity contribution in [2.24, 2.45) is 0 Å². The number of nitrogens with zero attached hydrogens (tertiary/aromatic N) is 1. The fraction of sp³-hybridized carbons (Fsp3) is 0.350. The lowest BCUT2D eigenvalue weighted by Crippen LogP contribution is -2.40. The summed E-state index contributed by atoms with van der Waals surface area (Å²) in [6.45, 7) is 5.21. The van der Waals surface area contributed by atoms with E-state index in [2.05, 4.69) is 26.6 Å². The van der Waals surface area contributed by atoms with E-state index >= 15 is 0 Å². The van der Waals surface area contributed by atoms with Gasteiger partial charge in [0.2, 0.25) is 15.9 Å². The van der Waals surface area contributed by atoms with Gasteiger partial charge in [-0.25, -0.2) is 8.42 Å². The Hall–Kier alpha value is -1.94. The molecule has 1 aliphatic rings. The number of aryl methyl sites for hydroxylation is 2. The number of amides is 1. The first kappa shape index (κ1) is 21.8.